The van der Waals surface area contributed by atoms with Gasteiger partial charge in [0.15, 0.2) is 5.13 Å². The van der Waals surface area contributed by atoms with Gasteiger partial charge in [-0.15, -0.1) is 0 Å². The average Bonchev–Trinajstić information content (AvgIpc) is 3.31. The molecule has 1 N–H and O–H groups in total. The molecule has 174 valence electrons. The number of nitrogens with one attached hydrogen (secondary N) is 1. The number of pyridine rings is 1. The molecule has 9 heteroatoms. The van der Waals surface area contributed by atoms with Crippen LogP contribution in [0.15, 0.2) is 30.7 Å². The van der Waals surface area contributed by atoms with Crippen molar-refractivity contribution in [1.29, 1.82) is 0 Å². The summed E-state index contributed by atoms with van der Waals surface area (Å²) in [6, 6.07) is 4.58. The lowest BCUT2D eigenvalue weighted by Gasteiger charge is -2.26. The van der Waals surface area contributed by atoms with E-state index in [0.29, 0.717) is 6.01 Å². The van der Waals surface area contributed by atoms with E-state index in [0.717, 1.165) is 59.7 Å². The lowest BCUT2D eigenvalue weighted by molar-refractivity contribution is 0.0217. The van der Waals surface area contributed by atoms with Gasteiger partial charge < -0.3 is 14.8 Å². The molecule has 0 aromatic carbocycles. The van der Waals surface area contributed by atoms with Crippen LogP contribution < -0.4 is 10.1 Å². The van der Waals surface area contributed by atoms with Gasteiger partial charge in [-0.25, -0.2) is 15.0 Å². The van der Waals surface area contributed by atoms with Gasteiger partial charge in [-0.3, -0.25) is 4.90 Å². The summed E-state index contributed by atoms with van der Waals surface area (Å²) in [5.74, 6) is 0.793. The number of ether oxygens (including phenoxy) is 2. The summed E-state index contributed by atoms with van der Waals surface area (Å²) in [6.45, 7) is 6.79. The minimum atomic E-state index is 0.108. The van der Waals surface area contributed by atoms with E-state index in [2.05, 4.69) is 36.2 Å². The molecule has 2 aliphatic heterocycles. The summed E-state index contributed by atoms with van der Waals surface area (Å²) >= 11 is 1.55. The van der Waals surface area contributed by atoms with Gasteiger partial charge in [0.1, 0.15) is 11.9 Å². The number of likely N-dealkylation sites (tertiary alicyclic amines) is 1. The summed E-state index contributed by atoms with van der Waals surface area (Å²) in [5.41, 5.74) is 3.09. The summed E-state index contributed by atoms with van der Waals surface area (Å²) in [7, 11) is 0. The normalized spacial score (nSPS) is 17.7. The van der Waals surface area contributed by atoms with Crippen LogP contribution in [-0.2, 0) is 11.3 Å². The molecule has 0 aliphatic carbocycles. The van der Waals surface area contributed by atoms with Crippen molar-refractivity contribution < 1.29 is 9.47 Å². The molecule has 5 rings (SSSR count). The number of piperidine rings is 1. The summed E-state index contributed by atoms with van der Waals surface area (Å²) < 4.78 is 11.4. The molecular formula is C24H30N6O2S. The van der Waals surface area contributed by atoms with Gasteiger partial charge in [0.25, 0.3) is 0 Å². The summed E-state index contributed by atoms with van der Waals surface area (Å²) in [6.07, 6.45) is 11.4. The zero-order valence-electron chi connectivity index (χ0n) is 19.0. The molecule has 0 bridgehead atoms. The fraction of sp³-hybridized carbons (Fsp3) is 0.500. The van der Waals surface area contributed by atoms with Crippen LogP contribution in [0.1, 0.15) is 43.2 Å². The van der Waals surface area contributed by atoms with Gasteiger partial charge in [0.05, 0.1) is 23.8 Å². The molecule has 2 fully saturated rings. The molecule has 0 spiro atoms. The van der Waals surface area contributed by atoms with Crippen LogP contribution in [0.2, 0.25) is 0 Å². The second-order valence-electron chi connectivity index (χ2n) is 8.66. The minimum absolute atomic E-state index is 0.108. The molecule has 3 aromatic rings. The van der Waals surface area contributed by atoms with Crippen LogP contribution >= 0.6 is 11.3 Å². The zero-order chi connectivity index (χ0) is 22.5. The number of nitrogens with zero attached hydrogens (tertiary/aromatic N) is 5. The van der Waals surface area contributed by atoms with Crippen LogP contribution in [0.25, 0.3) is 10.6 Å². The lowest BCUT2D eigenvalue weighted by Crippen LogP contribution is -2.29. The minimum Gasteiger partial charge on any atom is -0.460 e. The van der Waals surface area contributed by atoms with E-state index in [1.807, 2.05) is 31.6 Å². The van der Waals surface area contributed by atoms with Crippen molar-refractivity contribution in [3.63, 3.8) is 0 Å². The number of anilines is 2. The van der Waals surface area contributed by atoms with Crippen molar-refractivity contribution in [3.05, 3.63) is 41.9 Å². The number of thiazole rings is 1. The van der Waals surface area contributed by atoms with Gasteiger partial charge in [-0.1, -0.05) is 23.8 Å². The van der Waals surface area contributed by atoms with Gasteiger partial charge in [0, 0.05) is 38.0 Å². The highest BCUT2D eigenvalue weighted by molar-refractivity contribution is 7.18. The van der Waals surface area contributed by atoms with E-state index in [4.69, 9.17) is 9.47 Å². The molecular weight excluding hydrogens is 436 g/mol. The SMILES string of the molecule is Cc1cnc(OC2CCOCC2)nc1-c1cnc(Nc2ccc(CN3CCCCC3)cn2)s1. The Morgan fingerprint density at radius 3 is 2.70 bits per heavy atom. The average molecular weight is 467 g/mol. The van der Waals surface area contributed by atoms with Gasteiger partial charge >= 0.3 is 6.01 Å². The Balaban J connectivity index is 1.23. The van der Waals surface area contributed by atoms with Gasteiger partial charge in [0.2, 0.25) is 0 Å². The molecule has 2 aliphatic rings. The predicted octanol–water partition coefficient (Wildman–Crippen LogP) is 4.59. The Kier molecular flexibility index (Phi) is 7.09. The molecule has 3 aromatic heterocycles. The van der Waals surface area contributed by atoms with E-state index in [9.17, 15) is 0 Å². The van der Waals surface area contributed by atoms with Crippen molar-refractivity contribution in [2.45, 2.75) is 51.7 Å². The zero-order valence-corrected chi connectivity index (χ0v) is 19.8. The molecule has 2 saturated heterocycles. The first kappa shape index (κ1) is 22.2. The van der Waals surface area contributed by atoms with Crippen LogP contribution in [0.3, 0.4) is 0 Å². The van der Waals surface area contributed by atoms with Gasteiger partial charge in [-0.05, 0) is 50.0 Å². The first-order valence-corrected chi connectivity index (χ1v) is 12.5. The van der Waals surface area contributed by atoms with E-state index < -0.39 is 0 Å². The van der Waals surface area contributed by atoms with Crippen LogP contribution in [0, 0.1) is 6.92 Å². The largest absolute Gasteiger partial charge is 0.460 e. The van der Waals surface area contributed by atoms with Crippen molar-refractivity contribution in [1.82, 2.24) is 24.8 Å². The van der Waals surface area contributed by atoms with E-state index in [1.54, 1.807) is 11.3 Å². The standard InChI is InChI=1S/C24H30N6O2S/c1-17-13-26-23(32-19-7-11-31-12-8-19)29-22(17)20-15-27-24(33-20)28-21-6-5-18(14-25-21)16-30-9-3-2-4-10-30/h5-6,13-15,19H,2-4,7-12,16H2,1H3,(H,25,27,28). The fourth-order valence-corrected chi connectivity index (χ4v) is 5.07. The van der Waals surface area contributed by atoms with Crippen molar-refractivity contribution in [2.24, 2.45) is 0 Å². The van der Waals surface area contributed by atoms with Crippen LogP contribution in [0.4, 0.5) is 10.9 Å². The molecule has 0 unspecified atom stereocenters. The van der Waals surface area contributed by atoms with E-state index >= 15 is 0 Å². The molecule has 0 amide bonds. The van der Waals surface area contributed by atoms with E-state index in [1.165, 1.54) is 37.9 Å². The smallest absolute Gasteiger partial charge is 0.317 e. The second-order valence-corrected chi connectivity index (χ2v) is 9.69. The Morgan fingerprint density at radius 1 is 1.06 bits per heavy atom. The quantitative estimate of drug-likeness (QED) is 0.541. The van der Waals surface area contributed by atoms with E-state index in [-0.39, 0.29) is 6.10 Å². The summed E-state index contributed by atoms with van der Waals surface area (Å²) in [4.78, 5) is 21.6. The lowest BCUT2D eigenvalue weighted by atomic mass is 10.1. The Labute approximate surface area is 198 Å². The third kappa shape index (κ3) is 5.85. The van der Waals surface area contributed by atoms with Crippen LogP contribution in [-0.4, -0.2) is 57.2 Å². The second kappa shape index (κ2) is 10.5. The molecule has 0 saturated carbocycles. The highest BCUT2D eigenvalue weighted by atomic mass is 32.1. The molecule has 33 heavy (non-hydrogen) atoms. The number of rotatable bonds is 7. The van der Waals surface area contributed by atoms with Crippen LogP contribution in [0.5, 0.6) is 6.01 Å². The highest BCUT2D eigenvalue weighted by Gasteiger charge is 2.18. The maximum atomic E-state index is 5.99. The Morgan fingerprint density at radius 2 is 1.91 bits per heavy atom. The molecule has 8 nitrogen and oxygen atoms in total. The van der Waals surface area contributed by atoms with Crippen molar-refractivity contribution >= 4 is 22.3 Å². The number of hydrogen-bond acceptors (Lipinski definition) is 9. The fourth-order valence-electron chi connectivity index (χ4n) is 4.19. The number of aromatic nitrogens is 4. The third-order valence-electron chi connectivity index (χ3n) is 6.04. The topological polar surface area (TPSA) is 85.3 Å². The predicted molar refractivity (Wildman–Crippen MR) is 129 cm³/mol. The number of hydrogen-bond donors (Lipinski definition) is 1. The van der Waals surface area contributed by atoms with Crippen molar-refractivity contribution in [2.75, 3.05) is 31.6 Å². The first-order valence-electron chi connectivity index (χ1n) is 11.7. The van der Waals surface area contributed by atoms with Gasteiger partial charge in [-0.2, -0.15) is 4.98 Å². The Hall–Kier alpha value is -2.62. The third-order valence-corrected chi connectivity index (χ3v) is 6.96. The monoisotopic (exact) mass is 466 g/mol. The Bertz CT molecular complexity index is 1050. The maximum Gasteiger partial charge on any atom is 0.317 e. The highest BCUT2D eigenvalue weighted by Crippen LogP contribution is 2.32. The molecule has 0 radical (unpaired) electrons. The molecule has 0 atom stereocenters. The number of aryl methyl sites for hydroxylation is 1. The maximum absolute atomic E-state index is 5.99. The van der Waals surface area contributed by atoms with Crippen molar-refractivity contribution in [3.8, 4) is 16.6 Å². The summed E-state index contributed by atoms with van der Waals surface area (Å²) in [5, 5.41) is 4.10. The first-order chi connectivity index (χ1) is 16.2. The molecule has 5 heterocycles.